The molecule has 0 spiro atoms. The molecule has 0 fully saturated rings. The van der Waals surface area contributed by atoms with E-state index in [2.05, 4.69) is 177 Å². The van der Waals surface area contributed by atoms with Crippen LogP contribution < -0.4 is 4.90 Å². The minimum absolute atomic E-state index is 0.214. The monoisotopic (exact) mass is 677 g/mol. The van der Waals surface area contributed by atoms with E-state index in [9.17, 15) is 0 Å². The molecule has 2 heterocycles. The summed E-state index contributed by atoms with van der Waals surface area (Å²) in [6.07, 6.45) is 7.88. The molecule has 1 aliphatic heterocycles. The Hall–Kier alpha value is -6.38. The van der Waals surface area contributed by atoms with Crippen LogP contribution in [0, 0.1) is 0 Å². The quantitative estimate of drug-likeness (QED) is 0.169. The van der Waals surface area contributed by atoms with Gasteiger partial charge in [0.25, 0.3) is 0 Å². The van der Waals surface area contributed by atoms with Crippen molar-refractivity contribution >= 4 is 65.6 Å². The lowest BCUT2D eigenvalue weighted by Crippen LogP contribution is -2.17. The molecule has 1 aromatic heterocycles. The number of hydrogen-bond donors (Lipinski definition) is 0. The van der Waals surface area contributed by atoms with Crippen molar-refractivity contribution in [2.45, 2.75) is 31.6 Å². The van der Waals surface area contributed by atoms with Crippen molar-refractivity contribution in [3.05, 3.63) is 180 Å². The van der Waals surface area contributed by atoms with Crippen LogP contribution in [-0.2, 0) is 5.41 Å². The summed E-state index contributed by atoms with van der Waals surface area (Å²) in [5.74, 6) is 0.325. The van der Waals surface area contributed by atoms with Gasteiger partial charge in [-0.05, 0) is 121 Å². The predicted octanol–water partition coefficient (Wildman–Crippen LogP) is 14.1. The van der Waals surface area contributed by atoms with Crippen LogP contribution in [0.3, 0.4) is 0 Å². The molecule has 0 amide bonds. The van der Waals surface area contributed by atoms with Gasteiger partial charge in [-0.1, -0.05) is 123 Å². The van der Waals surface area contributed by atoms with E-state index in [1.807, 2.05) is 0 Å². The lowest BCUT2D eigenvalue weighted by atomic mass is 9.81. The van der Waals surface area contributed by atoms with Gasteiger partial charge >= 0.3 is 0 Å². The van der Waals surface area contributed by atoms with Gasteiger partial charge in [0, 0.05) is 39.1 Å². The van der Waals surface area contributed by atoms with E-state index in [-0.39, 0.29) is 5.41 Å². The molecule has 9 aromatic rings. The summed E-state index contributed by atoms with van der Waals surface area (Å²) < 4.78 is 6.62. The van der Waals surface area contributed by atoms with Crippen molar-refractivity contribution in [1.82, 2.24) is 0 Å². The number of allylic oxidation sites excluding steroid dienone is 4. The van der Waals surface area contributed by atoms with E-state index in [0.29, 0.717) is 5.92 Å². The fourth-order valence-corrected chi connectivity index (χ4v) is 10.0. The number of para-hydroxylation sites is 1. The van der Waals surface area contributed by atoms with Gasteiger partial charge in [0.15, 0.2) is 0 Å². The normalized spacial score (nSPS) is 16.8. The second-order valence-corrected chi connectivity index (χ2v) is 15.6. The van der Waals surface area contributed by atoms with E-state index >= 15 is 0 Å². The van der Waals surface area contributed by atoms with Crippen LogP contribution in [0.5, 0.6) is 0 Å². The minimum Gasteiger partial charge on any atom is -0.456 e. The highest BCUT2D eigenvalue weighted by Crippen LogP contribution is 2.58. The first-order valence-electron chi connectivity index (χ1n) is 18.8. The van der Waals surface area contributed by atoms with Gasteiger partial charge in [-0.15, -0.1) is 0 Å². The molecule has 3 aliphatic rings. The summed E-state index contributed by atoms with van der Waals surface area (Å²) in [6.45, 7) is 4.74. The van der Waals surface area contributed by atoms with Crippen molar-refractivity contribution in [3.63, 3.8) is 0 Å². The van der Waals surface area contributed by atoms with Crippen LogP contribution >= 0.6 is 0 Å². The second kappa shape index (κ2) is 10.4. The van der Waals surface area contributed by atoms with Crippen LogP contribution in [-0.4, -0.2) is 0 Å². The molecule has 1 unspecified atom stereocenters. The van der Waals surface area contributed by atoms with Gasteiger partial charge < -0.3 is 9.32 Å². The number of benzene rings is 8. The number of furan rings is 1. The fraction of sp³-hybridized carbons (Fsp3) is 0.0980. The molecule has 0 saturated carbocycles. The van der Waals surface area contributed by atoms with Crippen molar-refractivity contribution in [3.8, 4) is 22.3 Å². The second-order valence-electron chi connectivity index (χ2n) is 15.6. The Bertz CT molecular complexity index is 3080. The van der Waals surface area contributed by atoms with Gasteiger partial charge in [0.2, 0.25) is 0 Å². The zero-order valence-electron chi connectivity index (χ0n) is 29.7. The standard InChI is InChI=1S/C51H35NO/c1-51(2)45-29-47-44(28-43(45)40-25-26-41-39-16-8-10-18-48(39)53-50(41)49(40)51)38-15-7-9-17-46(38)52(47)32-22-19-30(20-23-32)31-21-24-37-35-13-4-3-11-33(35)34-12-5-6-14-36(34)42(37)27-31/h3-14,16-29,38H,15H2,1-2H3. The number of anilines is 2. The zero-order chi connectivity index (χ0) is 35.0. The summed E-state index contributed by atoms with van der Waals surface area (Å²) in [4.78, 5) is 2.52. The predicted molar refractivity (Wildman–Crippen MR) is 222 cm³/mol. The van der Waals surface area contributed by atoms with Crippen molar-refractivity contribution in [2.24, 2.45) is 0 Å². The van der Waals surface area contributed by atoms with Crippen LogP contribution in [0.2, 0.25) is 0 Å². The molecule has 2 aliphatic carbocycles. The maximum Gasteiger partial charge on any atom is 0.140 e. The van der Waals surface area contributed by atoms with E-state index in [4.69, 9.17) is 4.42 Å². The molecule has 1 atom stereocenters. The van der Waals surface area contributed by atoms with E-state index in [0.717, 1.165) is 17.6 Å². The first kappa shape index (κ1) is 29.2. The molecule has 0 bridgehead atoms. The van der Waals surface area contributed by atoms with Crippen LogP contribution in [0.4, 0.5) is 11.4 Å². The lowest BCUT2D eigenvalue weighted by Gasteiger charge is -2.26. The Morgan fingerprint density at radius 3 is 1.98 bits per heavy atom. The van der Waals surface area contributed by atoms with E-state index in [1.54, 1.807) is 0 Å². The maximum absolute atomic E-state index is 6.62. The van der Waals surface area contributed by atoms with Crippen molar-refractivity contribution in [1.29, 1.82) is 0 Å². The topological polar surface area (TPSA) is 16.4 Å². The third kappa shape index (κ3) is 3.88. The first-order valence-corrected chi connectivity index (χ1v) is 18.8. The molecule has 0 N–H and O–H groups in total. The summed E-state index contributed by atoms with van der Waals surface area (Å²) in [5.41, 5.74) is 14.8. The summed E-state index contributed by atoms with van der Waals surface area (Å²) in [6, 6.07) is 51.8. The van der Waals surface area contributed by atoms with Crippen molar-refractivity contribution in [2.75, 3.05) is 4.90 Å². The molecule has 0 saturated heterocycles. The van der Waals surface area contributed by atoms with Gasteiger partial charge in [0.1, 0.15) is 11.2 Å². The maximum atomic E-state index is 6.62. The third-order valence-corrected chi connectivity index (χ3v) is 12.5. The van der Waals surface area contributed by atoms with Gasteiger partial charge in [0.05, 0.1) is 5.69 Å². The molecule has 0 radical (unpaired) electrons. The van der Waals surface area contributed by atoms with Crippen LogP contribution in [0.1, 0.15) is 42.9 Å². The van der Waals surface area contributed by atoms with Gasteiger partial charge in [-0.3, -0.25) is 0 Å². The van der Waals surface area contributed by atoms with Crippen LogP contribution in [0.15, 0.2) is 168 Å². The zero-order valence-corrected chi connectivity index (χ0v) is 29.7. The number of hydrogen-bond acceptors (Lipinski definition) is 2. The Labute approximate surface area is 307 Å². The molecular formula is C51H35NO. The average Bonchev–Trinajstić information content (AvgIpc) is 3.82. The largest absolute Gasteiger partial charge is 0.456 e. The van der Waals surface area contributed by atoms with Gasteiger partial charge in [-0.25, -0.2) is 0 Å². The Morgan fingerprint density at radius 2 is 1.23 bits per heavy atom. The first-order chi connectivity index (χ1) is 26.0. The summed E-state index contributed by atoms with van der Waals surface area (Å²) in [5, 5.41) is 10.2. The minimum atomic E-state index is -0.214. The highest BCUT2D eigenvalue weighted by molar-refractivity contribution is 6.25. The molecule has 53 heavy (non-hydrogen) atoms. The summed E-state index contributed by atoms with van der Waals surface area (Å²) >= 11 is 0. The SMILES string of the molecule is CC1(C)c2cc3c(cc2-c2ccc4c(oc5ccccc54)c21)C1CC=CC=C1N3c1ccc(-c2ccc3c4ccccc4c4ccccc4c3c2)cc1. The fourth-order valence-electron chi connectivity index (χ4n) is 10.0. The lowest BCUT2D eigenvalue weighted by molar-refractivity contribution is 0.620. The number of fused-ring (bicyclic) bond motifs is 16. The van der Waals surface area contributed by atoms with E-state index < -0.39 is 0 Å². The summed E-state index contributed by atoms with van der Waals surface area (Å²) in [7, 11) is 0. The number of rotatable bonds is 2. The van der Waals surface area contributed by atoms with Crippen molar-refractivity contribution < 1.29 is 4.42 Å². The molecule has 12 rings (SSSR count). The van der Waals surface area contributed by atoms with E-state index in [1.165, 1.54) is 99.1 Å². The Kier molecular flexibility index (Phi) is 5.71. The molecular weight excluding hydrogens is 643 g/mol. The van der Waals surface area contributed by atoms with Gasteiger partial charge in [-0.2, -0.15) is 0 Å². The molecule has 2 heteroatoms. The Balaban J connectivity index is 0.981. The molecule has 2 nitrogen and oxygen atoms in total. The number of nitrogens with zero attached hydrogens (tertiary/aromatic N) is 1. The molecule has 8 aromatic carbocycles. The average molecular weight is 678 g/mol. The highest BCUT2D eigenvalue weighted by Gasteiger charge is 2.43. The Morgan fingerprint density at radius 1 is 0.585 bits per heavy atom. The highest BCUT2D eigenvalue weighted by atomic mass is 16.3. The third-order valence-electron chi connectivity index (χ3n) is 12.5. The van der Waals surface area contributed by atoms with Crippen LogP contribution in [0.25, 0.3) is 76.5 Å². The smallest absolute Gasteiger partial charge is 0.140 e. The molecule has 250 valence electrons.